The van der Waals surface area contributed by atoms with Crippen LogP contribution in [0.2, 0.25) is 0 Å². The molecule has 2 N–H and O–H groups in total. The molecule has 0 spiro atoms. The minimum absolute atomic E-state index is 0.453. The summed E-state index contributed by atoms with van der Waals surface area (Å²) < 4.78 is 10.6. The minimum atomic E-state index is -0.873. The second kappa shape index (κ2) is 9.83. The Labute approximate surface area is 152 Å². The highest BCUT2D eigenvalue weighted by atomic mass is 16.5. The Morgan fingerprint density at radius 2 is 1.85 bits per heavy atom. The topological polar surface area (TPSA) is 89.0 Å². The molecule has 0 aliphatic heterocycles. The maximum atomic E-state index is 11.9. The van der Waals surface area contributed by atoms with E-state index in [1.807, 2.05) is 25.1 Å². The molecule has 2 aromatic rings. The van der Waals surface area contributed by atoms with Crippen molar-refractivity contribution in [3.05, 3.63) is 54.1 Å². The van der Waals surface area contributed by atoms with E-state index in [9.17, 15) is 9.59 Å². The van der Waals surface area contributed by atoms with Crippen LogP contribution < -0.4 is 20.2 Å². The average Bonchev–Trinajstić information content (AvgIpc) is 2.66. The standard InChI is InChI=1S/C19H21N3O4/c1-3-10-26-17-9-4-6-14(11-17)13-20-22-19(24)18(23)21-15-7-5-8-16(12-15)25-2/h4-9,11-13H,3,10H2,1-2H3,(H,21,23)(H,22,24)/b20-13-. The molecule has 136 valence electrons. The molecule has 26 heavy (non-hydrogen) atoms. The summed E-state index contributed by atoms with van der Waals surface area (Å²) in [5.74, 6) is -0.401. The van der Waals surface area contributed by atoms with Gasteiger partial charge in [0.15, 0.2) is 0 Å². The van der Waals surface area contributed by atoms with Crippen LogP contribution in [-0.4, -0.2) is 31.7 Å². The third kappa shape index (κ3) is 5.94. The number of carbonyl (C=O) groups excluding carboxylic acids is 2. The van der Waals surface area contributed by atoms with Crippen molar-refractivity contribution in [2.24, 2.45) is 5.10 Å². The van der Waals surface area contributed by atoms with E-state index in [1.165, 1.54) is 13.3 Å². The van der Waals surface area contributed by atoms with Crippen molar-refractivity contribution in [3.63, 3.8) is 0 Å². The largest absolute Gasteiger partial charge is 0.497 e. The fraction of sp³-hybridized carbons (Fsp3) is 0.211. The van der Waals surface area contributed by atoms with Gasteiger partial charge in [-0.15, -0.1) is 0 Å². The van der Waals surface area contributed by atoms with Crippen LogP contribution in [0.15, 0.2) is 53.6 Å². The quantitative estimate of drug-likeness (QED) is 0.454. The smallest absolute Gasteiger partial charge is 0.329 e. The van der Waals surface area contributed by atoms with Crippen LogP contribution >= 0.6 is 0 Å². The summed E-state index contributed by atoms with van der Waals surface area (Å²) in [6.07, 6.45) is 2.35. The predicted octanol–water partition coefficient (Wildman–Crippen LogP) is 2.57. The Morgan fingerprint density at radius 3 is 2.62 bits per heavy atom. The van der Waals surface area contributed by atoms with Crippen LogP contribution in [-0.2, 0) is 9.59 Å². The Hall–Kier alpha value is -3.35. The zero-order valence-electron chi connectivity index (χ0n) is 14.7. The van der Waals surface area contributed by atoms with Gasteiger partial charge in [0.2, 0.25) is 0 Å². The van der Waals surface area contributed by atoms with Crippen molar-refractivity contribution in [1.29, 1.82) is 0 Å². The van der Waals surface area contributed by atoms with Crippen molar-refractivity contribution in [3.8, 4) is 11.5 Å². The van der Waals surface area contributed by atoms with Crippen LogP contribution in [0.5, 0.6) is 11.5 Å². The number of nitrogens with one attached hydrogen (secondary N) is 2. The monoisotopic (exact) mass is 355 g/mol. The SMILES string of the molecule is CCCOc1cccc(/C=N\NC(=O)C(=O)Nc2cccc(OC)c2)c1. The van der Waals surface area contributed by atoms with Gasteiger partial charge in [0.1, 0.15) is 11.5 Å². The molecule has 7 heteroatoms. The molecule has 0 unspecified atom stereocenters. The van der Waals surface area contributed by atoms with E-state index in [0.717, 1.165) is 17.7 Å². The molecule has 2 rings (SSSR count). The van der Waals surface area contributed by atoms with Crippen molar-refractivity contribution in [1.82, 2.24) is 5.43 Å². The van der Waals surface area contributed by atoms with Crippen LogP contribution in [0.3, 0.4) is 0 Å². The lowest BCUT2D eigenvalue weighted by molar-refractivity contribution is -0.136. The molecule has 0 aliphatic carbocycles. The summed E-state index contributed by atoms with van der Waals surface area (Å²) in [4.78, 5) is 23.7. The maximum absolute atomic E-state index is 11.9. The molecule has 0 bridgehead atoms. The number of rotatable bonds is 7. The van der Waals surface area contributed by atoms with Crippen LogP contribution in [0, 0.1) is 0 Å². The first-order valence-corrected chi connectivity index (χ1v) is 8.13. The van der Waals surface area contributed by atoms with E-state index < -0.39 is 11.8 Å². The van der Waals surface area contributed by atoms with Gasteiger partial charge in [0.25, 0.3) is 0 Å². The van der Waals surface area contributed by atoms with Crippen LogP contribution in [0.25, 0.3) is 0 Å². The van der Waals surface area contributed by atoms with E-state index in [2.05, 4.69) is 15.8 Å². The molecular formula is C19H21N3O4. The second-order valence-electron chi connectivity index (χ2n) is 5.31. The van der Waals surface area contributed by atoms with E-state index in [4.69, 9.17) is 9.47 Å². The first-order chi connectivity index (χ1) is 12.6. The second-order valence-corrected chi connectivity index (χ2v) is 5.31. The summed E-state index contributed by atoms with van der Waals surface area (Å²) in [6, 6.07) is 14.0. The zero-order chi connectivity index (χ0) is 18.8. The van der Waals surface area contributed by atoms with Gasteiger partial charge in [-0.2, -0.15) is 5.10 Å². The number of benzene rings is 2. The molecule has 2 aromatic carbocycles. The summed E-state index contributed by atoms with van der Waals surface area (Å²) >= 11 is 0. The van der Waals surface area contributed by atoms with E-state index in [0.29, 0.717) is 18.0 Å². The van der Waals surface area contributed by atoms with Crippen LogP contribution in [0.1, 0.15) is 18.9 Å². The Kier molecular flexibility index (Phi) is 7.17. The summed E-state index contributed by atoms with van der Waals surface area (Å²) in [6.45, 7) is 2.65. The summed E-state index contributed by atoms with van der Waals surface area (Å²) in [5.41, 5.74) is 3.38. The third-order valence-electron chi connectivity index (χ3n) is 3.24. The van der Waals surface area contributed by atoms with Gasteiger partial charge in [-0.3, -0.25) is 9.59 Å². The van der Waals surface area contributed by atoms with Gasteiger partial charge in [-0.05, 0) is 36.2 Å². The Morgan fingerprint density at radius 1 is 1.08 bits per heavy atom. The van der Waals surface area contributed by atoms with Crippen molar-refractivity contribution in [2.45, 2.75) is 13.3 Å². The predicted molar refractivity (Wildman–Crippen MR) is 99.6 cm³/mol. The van der Waals surface area contributed by atoms with Gasteiger partial charge >= 0.3 is 11.8 Å². The number of hydrogen-bond acceptors (Lipinski definition) is 5. The van der Waals surface area contributed by atoms with Crippen molar-refractivity contribution in [2.75, 3.05) is 19.0 Å². The van der Waals surface area contributed by atoms with Crippen molar-refractivity contribution < 1.29 is 19.1 Å². The summed E-state index contributed by atoms with van der Waals surface area (Å²) in [5, 5.41) is 6.27. The maximum Gasteiger partial charge on any atom is 0.329 e. The lowest BCUT2D eigenvalue weighted by Crippen LogP contribution is -2.32. The minimum Gasteiger partial charge on any atom is -0.497 e. The van der Waals surface area contributed by atoms with Gasteiger partial charge in [-0.25, -0.2) is 5.43 Å². The molecule has 0 heterocycles. The molecule has 2 amide bonds. The number of hydrazone groups is 1. The van der Waals surface area contributed by atoms with Gasteiger partial charge in [-0.1, -0.05) is 25.1 Å². The zero-order valence-corrected chi connectivity index (χ0v) is 14.7. The number of anilines is 1. The van der Waals surface area contributed by atoms with Gasteiger partial charge in [0.05, 0.1) is 19.9 Å². The fourth-order valence-corrected chi connectivity index (χ4v) is 2.01. The first kappa shape index (κ1) is 19.0. The molecule has 0 atom stereocenters. The molecule has 0 saturated carbocycles. The molecule has 0 saturated heterocycles. The van der Waals surface area contributed by atoms with Crippen molar-refractivity contribution >= 4 is 23.7 Å². The van der Waals surface area contributed by atoms with Gasteiger partial charge < -0.3 is 14.8 Å². The number of carbonyl (C=O) groups is 2. The number of amides is 2. The molecule has 0 aliphatic rings. The highest BCUT2D eigenvalue weighted by molar-refractivity contribution is 6.39. The molecule has 0 aromatic heterocycles. The first-order valence-electron chi connectivity index (χ1n) is 8.13. The number of methoxy groups -OCH3 is 1. The average molecular weight is 355 g/mol. The number of ether oxygens (including phenoxy) is 2. The normalized spacial score (nSPS) is 10.4. The Balaban J connectivity index is 1.88. The van der Waals surface area contributed by atoms with Crippen LogP contribution in [0.4, 0.5) is 5.69 Å². The lowest BCUT2D eigenvalue weighted by atomic mass is 10.2. The highest BCUT2D eigenvalue weighted by Gasteiger charge is 2.13. The third-order valence-corrected chi connectivity index (χ3v) is 3.24. The highest BCUT2D eigenvalue weighted by Crippen LogP contribution is 2.16. The summed E-state index contributed by atoms with van der Waals surface area (Å²) in [7, 11) is 1.52. The van der Waals surface area contributed by atoms with E-state index in [1.54, 1.807) is 30.3 Å². The van der Waals surface area contributed by atoms with E-state index >= 15 is 0 Å². The van der Waals surface area contributed by atoms with Gasteiger partial charge in [0, 0.05) is 11.8 Å². The molecular weight excluding hydrogens is 334 g/mol. The molecule has 0 radical (unpaired) electrons. The number of nitrogens with zero attached hydrogens (tertiary/aromatic N) is 1. The lowest BCUT2D eigenvalue weighted by Gasteiger charge is -2.06. The number of hydrogen-bond donors (Lipinski definition) is 2. The Bertz CT molecular complexity index is 790. The molecule has 7 nitrogen and oxygen atoms in total. The fourth-order valence-electron chi connectivity index (χ4n) is 2.01. The van der Waals surface area contributed by atoms with E-state index in [-0.39, 0.29) is 0 Å². The molecule has 0 fully saturated rings.